The number of aromatic nitrogens is 3. The highest BCUT2D eigenvalue weighted by molar-refractivity contribution is 5.91. The number of rotatable bonds is 9. The minimum atomic E-state index is -4.59. The van der Waals surface area contributed by atoms with Crippen molar-refractivity contribution in [2.45, 2.75) is 45.5 Å². The Labute approximate surface area is 201 Å². The molecule has 0 amide bonds. The summed E-state index contributed by atoms with van der Waals surface area (Å²) in [6.45, 7) is 4.32. The van der Waals surface area contributed by atoms with Crippen LogP contribution in [0.3, 0.4) is 0 Å². The molecule has 2 heterocycles. The van der Waals surface area contributed by atoms with E-state index in [1.165, 1.54) is 6.07 Å². The van der Waals surface area contributed by atoms with Crippen LogP contribution in [0, 0.1) is 12.3 Å². The van der Waals surface area contributed by atoms with Crippen molar-refractivity contribution >= 4 is 22.4 Å². The number of nitrogen functional groups attached to an aromatic ring is 1. The van der Waals surface area contributed by atoms with Crippen LogP contribution in [-0.2, 0) is 17.5 Å². The summed E-state index contributed by atoms with van der Waals surface area (Å²) in [5.41, 5.74) is 5.31. The highest BCUT2D eigenvalue weighted by atomic mass is 19.4. The summed E-state index contributed by atoms with van der Waals surface area (Å²) in [6, 6.07) is 5.74. The average molecular weight is 492 g/mol. The van der Waals surface area contributed by atoms with Gasteiger partial charge in [0.2, 0.25) is 0 Å². The van der Waals surface area contributed by atoms with Gasteiger partial charge in [0.1, 0.15) is 23.4 Å². The highest BCUT2D eigenvalue weighted by Crippen LogP contribution is 2.50. The summed E-state index contributed by atoms with van der Waals surface area (Å²) in [5.74, 6) is 1.96. The molecule has 0 aliphatic heterocycles. The van der Waals surface area contributed by atoms with Crippen molar-refractivity contribution in [2.75, 3.05) is 31.9 Å². The van der Waals surface area contributed by atoms with Crippen LogP contribution in [0.5, 0.6) is 11.5 Å². The van der Waals surface area contributed by atoms with E-state index in [-0.39, 0.29) is 29.4 Å². The van der Waals surface area contributed by atoms with E-state index >= 15 is 0 Å². The minimum Gasteiger partial charge on any atom is -0.493 e. The van der Waals surface area contributed by atoms with Gasteiger partial charge in [-0.15, -0.1) is 0 Å². The summed E-state index contributed by atoms with van der Waals surface area (Å²) in [5, 5.41) is 3.71. The van der Waals surface area contributed by atoms with E-state index < -0.39 is 11.9 Å². The zero-order chi connectivity index (χ0) is 25.4. The molecule has 2 aromatic heterocycles. The van der Waals surface area contributed by atoms with Crippen LogP contribution in [-0.4, -0.2) is 41.9 Å². The van der Waals surface area contributed by atoms with Crippen molar-refractivity contribution in [2.24, 2.45) is 5.41 Å². The summed E-state index contributed by atoms with van der Waals surface area (Å²) in [7, 11) is 3.23. The lowest BCUT2D eigenvalue weighted by atomic mass is 10.0. The van der Waals surface area contributed by atoms with E-state index in [0.29, 0.717) is 40.7 Å². The largest absolute Gasteiger partial charge is 0.493 e. The molecule has 1 atom stereocenters. The molecule has 0 bridgehead atoms. The SMILES string of the molecule is COCC1(C(C)Oc2cc3c(NCc4cc(N)cc(C(F)(F)F)n4)nc(C)nc3cc2OC)CC1. The fraction of sp³-hybridized carbons (Fsp3) is 0.458. The number of nitrogens with one attached hydrogen (secondary N) is 1. The normalized spacial score (nSPS) is 15.6. The number of anilines is 2. The number of hydrogen-bond acceptors (Lipinski definition) is 8. The highest BCUT2D eigenvalue weighted by Gasteiger charge is 2.49. The molecule has 3 N–H and O–H groups in total. The zero-order valence-electron chi connectivity index (χ0n) is 20.0. The minimum absolute atomic E-state index is 0.0186. The lowest BCUT2D eigenvalue weighted by molar-refractivity contribution is -0.141. The van der Waals surface area contributed by atoms with E-state index in [2.05, 4.69) is 20.3 Å². The molecular formula is C24H28F3N5O3. The van der Waals surface area contributed by atoms with Crippen molar-refractivity contribution in [3.63, 3.8) is 0 Å². The van der Waals surface area contributed by atoms with Gasteiger partial charge in [0.15, 0.2) is 11.5 Å². The molecule has 1 unspecified atom stereocenters. The number of hydrogen-bond donors (Lipinski definition) is 2. The fourth-order valence-corrected chi connectivity index (χ4v) is 4.09. The first-order valence-corrected chi connectivity index (χ1v) is 11.1. The van der Waals surface area contributed by atoms with Crippen LogP contribution in [0.15, 0.2) is 24.3 Å². The molecular weight excluding hydrogens is 463 g/mol. The average Bonchev–Trinajstić information content (AvgIpc) is 3.57. The number of nitrogens with zero attached hydrogens (tertiary/aromatic N) is 3. The van der Waals surface area contributed by atoms with Gasteiger partial charge < -0.3 is 25.3 Å². The van der Waals surface area contributed by atoms with Gasteiger partial charge in [0.05, 0.1) is 31.5 Å². The Morgan fingerprint density at radius 3 is 2.46 bits per heavy atom. The van der Waals surface area contributed by atoms with Gasteiger partial charge in [-0.3, -0.25) is 0 Å². The number of halogens is 3. The molecule has 3 aromatic rings. The molecule has 11 heteroatoms. The van der Waals surface area contributed by atoms with E-state index in [0.717, 1.165) is 18.9 Å². The Balaban J connectivity index is 1.66. The molecule has 1 aliphatic rings. The van der Waals surface area contributed by atoms with E-state index in [4.69, 9.17) is 19.9 Å². The second kappa shape index (κ2) is 9.37. The topological polar surface area (TPSA) is 104 Å². The summed E-state index contributed by atoms with van der Waals surface area (Å²) >= 11 is 0. The fourth-order valence-electron chi connectivity index (χ4n) is 4.09. The van der Waals surface area contributed by atoms with E-state index in [1.54, 1.807) is 33.3 Å². The monoisotopic (exact) mass is 491 g/mol. The number of benzene rings is 1. The van der Waals surface area contributed by atoms with Crippen LogP contribution in [0.2, 0.25) is 0 Å². The number of fused-ring (bicyclic) bond motifs is 1. The summed E-state index contributed by atoms with van der Waals surface area (Å²) in [6.07, 6.45) is -2.68. The van der Waals surface area contributed by atoms with Gasteiger partial charge >= 0.3 is 6.18 Å². The Hall–Kier alpha value is -3.34. The first kappa shape index (κ1) is 24.8. The molecule has 1 aromatic carbocycles. The van der Waals surface area contributed by atoms with E-state index in [9.17, 15) is 13.2 Å². The molecule has 1 fully saturated rings. The maximum atomic E-state index is 13.1. The zero-order valence-corrected chi connectivity index (χ0v) is 20.0. The molecule has 1 aliphatic carbocycles. The lowest BCUT2D eigenvalue weighted by Crippen LogP contribution is -2.29. The molecule has 0 spiro atoms. The third-order valence-electron chi connectivity index (χ3n) is 6.21. The molecule has 188 valence electrons. The smallest absolute Gasteiger partial charge is 0.433 e. The van der Waals surface area contributed by atoms with Crippen LogP contribution < -0.4 is 20.5 Å². The first-order chi connectivity index (χ1) is 16.5. The Morgan fingerprint density at radius 2 is 1.83 bits per heavy atom. The standard InChI is InChI=1S/C24H28F3N5O3/c1-13(23(5-6-23)12-33-3)35-20-9-17-18(10-19(20)34-4)30-14(2)31-22(17)29-11-16-7-15(28)8-21(32-16)24(25,26)27/h7-10,13H,5-6,11-12H2,1-4H3,(H2,28,32)(H,29,30,31). The maximum Gasteiger partial charge on any atom is 0.433 e. The molecule has 35 heavy (non-hydrogen) atoms. The Bertz CT molecular complexity index is 1230. The second-order valence-electron chi connectivity index (χ2n) is 8.82. The van der Waals surface area contributed by atoms with Crippen LogP contribution in [0.1, 0.15) is 37.0 Å². The van der Waals surface area contributed by atoms with Crippen molar-refractivity contribution in [3.05, 3.63) is 41.5 Å². The number of methoxy groups -OCH3 is 2. The van der Waals surface area contributed by atoms with Crippen molar-refractivity contribution in [1.82, 2.24) is 15.0 Å². The van der Waals surface area contributed by atoms with Crippen molar-refractivity contribution in [3.8, 4) is 11.5 Å². The number of nitrogens with two attached hydrogens (primary N) is 1. The molecule has 8 nitrogen and oxygen atoms in total. The number of ether oxygens (including phenoxy) is 3. The van der Waals surface area contributed by atoms with Gasteiger partial charge in [-0.05, 0) is 44.9 Å². The molecule has 1 saturated carbocycles. The molecule has 0 saturated heterocycles. The van der Waals surface area contributed by atoms with Crippen molar-refractivity contribution < 1.29 is 27.4 Å². The third kappa shape index (κ3) is 5.34. The van der Waals surface area contributed by atoms with Gasteiger partial charge in [0, 0.05) is 29.7 Å². The number of pyridine rings is 1. The van der Waals surface area contributed by atoms with Crippen LogP contribution in [0.4, 0.5) is 24.7 Å². The van der Waals surface area contributed by atoms with Gasteiger partial charge in [-0.25, -0.2) is 15.0 Å². The van der Waals surface area contributed by atoms with E-state index in [1.807, 2.05) is 6.92 Å². The predicted molar refractivity (Wildman–Crippen MR) is 125 cm³/mol. The van der Waals surface area contributed by atoms with Crippen LogP contribution in [0.25, 0.3) is 10.9 Å². The second-order valence-corrected chi connectivity index (χ2v) is 8.82. The summed E-state index contributed by atoms with van der Waals surface area (Å²) < 4.78 is 56.6. The Kier molecular flexibility index (Phi) is 6.63. The summed E-state index contributed by atoms with van der Waals surface area (Å²) in [4.78, 5) is 12.6. The van der Waals surface area contributed by atoms with Gasteiger partial charge in [0.25, 0.3) is 0 Å². The molecule has 4 rings (SSSR count). The number of aryl methyl sites for hydroxylation is 1. The van der Waals surface area contributed by atoms with Crippen LogP contribution >= 0.6 is 0 Å². The van der Waals surface area contributed by atoms with Crippen molar-refractivity contribution in [1.29, 1.82) is 0 Å². The Morgan fingerprint density at radius 1 is 1.09 bits per heavy atom. The third-order valence-corrected chi connectivity index (χ3v) is 6.21. The predicted octanol–water partition coefficient (Wildman–Crippen LogP) is 4.75. The first-order valence-electron chi connectivity index (χ1n) is 11.1. The van der Waals surface area contributed by atoms with Gasteiger partial charge in [-0.1, -0.05) is 0 Å². The quantitative estimate of drug-likeness (QED) is 0.442. The lowest BCUT2D eigenvalue weighted by Gasteiger charge is -2.25. The maximum absolute atomic E-state index is 13.1. The number of alkyl halides is 3. The van der Waals surface area contributed by atoms with Gasteiger partial charge in [-0.2, -0.15) is 13.2 Å². The molecule has 0 radical (unpaired) electrons.